The van der Waals surface area contributed by atoms with Crippen molar-refractivity contribution < 1.29 is 19.1 Å². The molecule has 0 atom stereocenters. The number of anilines is 1. The molecule has 1 N–H and O–H groups in total. The normalized spacial score (nSPS) is 12.0. The number of benzene rings is 2. The van der Waals surface area contributed by atoms with Gasteiger partial charge < -0.3 is 19.7 Å². The second kappa shape index (κ2) is 7.14. The van der Waals surface area contributed by atoms with Crippen LogP contribution in [0.3, 0.4) is 0 Å². The van der Waals surface area contributed by atoms with Crippen molar-refractivity contribution >= 4 is 33.4 Å². The van der Waals surface area contributed by atoms with Gasteiger partial charge >= 0.3 is 0 Å². The molecule has 0 radical (unpaired) electrons. The second-order valence-corrected chi connectivity index (χ2v) is 6.65. The Morgan fingerprint density at radius 3 is 2.68 bits per heavy atom. The number of amides is 2. The molecular formula is C18H17BrN2O4. The maximum atomic E-state index is 12.5. The van der Waals surface area contributed by atoms with Crippen molar-refractivity contribution in [3.8, 4) is 11.5 Å². The molecule has 1 aliphatic heterocycles. The van der Waals surface area contributed by atoms with Gasteiger partial charge in [0.1, 0.15) is 0 Å². The quantitative estimate of drug-likeness (QED) is 0.849. The predicted octanol–water partition coefficient (Wildman–Crippen LogP) is 3.20. The number of carbonyl (C=O) groups is 2. The highest BCUT2D eigenvalue weighted by Gasteiger charge is 2.20. The number of ether oxygens (including phenoxy) is 2. The first kappa shape index (κ1) is 17.3. The number of fused-ring (bicyclic) bond motifs is 1. The minimum absolute atomic E-state index is 0.0528. The highest BCUT2D eigenvalue weighted by molar-refractivity contribution is 9.10. The van der Waals surface area contributed by atoms with Crippen molar-refractivity contribution in [3.05, 3.63) is 52.0 Å². The lowest BCUT2D eigenvalue weighted by Gasteiger charge is -2.17. The van der Waals surface area contributed by atoms with Crippen LogP contribution in [0.25, 0.3) is 0 Å². The summed E-state index contributed by atoms with van der Waals surface area (Å²) in [4.78, 5) is 26.1. The van der Waals surface area contributed by atoms with Crippen LogP contribution in [-0.4, -0.2) is 37.1 Å². The standard InChI is InChI=1S/C18H17BrN2O4/c1-11-7-13(19)4-5-14(11)20-17(22)9-21(2)18(23)12-3-6-15-16(8-12)25-10-24-15/h3-8H,9-10H2,1-2H3,(H,20,22). The Hall–Kier alpha value is -2.54. The largest absolute Gasteiger partial charge is 0.454 e. The summed E-state index contributed by atoms with van der Waals surface area (Å²) in [6.45, 7) is 2.00. The molecule has 0 saturated carbocycles. The first-order valence-corrected chi connectivity index (χ1v) is 8.44. The summed E-state index contributed by atoms with van der Waals surface area (Å²) in [6.07, 6.45) is 0. The molecule has 6 nitrogen and oxygen atoms in total. The topological polar surface area (TPSA) is 67.9 Å². The molecule has 2 amide bonds. The van der Waals surface area contributed by atoms with Gasteiger partial charge in [0.15, 0.2) is 11.5 Å². The molecule has 25 heavy (non-hydrogen) atoms. The van der Waals surface area contributed by atoms with Crippen molar-refractivity contribution in [2.24, 2.45) is 0 Å². The third-order valence-electron chi connectivity index (χ3n) is 3.81. The van der Waals surface area contributed by atoms with Crippen molar-refractivity contribution in [2.45, 2.75) is 6.92 Å². The van der Waals surface area contributed by atoms with Gasteiger partial charge in [-0.1, -0.05) is 15.9 Å². The van der Waals surface area contributed by atoms with Crippen LogP contribution in [0.1, 0.15) is 15.9 Å². The highest BCUT2D eigenvalue weighted by Crippen LogP contribution is 2.32. The Morgan fingerprint density at radius 2 is 1.92 bits per heavy atom. The molecule has 0 saturated heterocycles. The number of halogens is 1. The van der Waals surface area contributed by atoms with Gasteiger partial charge in [-0.05, 0) is 48.9 Å². The van der Waals surface area contributed by atoms with E-state index in [9.17, 15) is 9.59 Å². The van der Waals surface area contributed by atoms with Crippen LogP contribution in [0.5, 0.6) is 11.5 Å². The molecule has 0 fully saturated rings. The average Bonchev–Trinajstić information content (AvgIpc) is 3.04. The van der Waals surface area contributed by atoms with E-state index in [2.05, 4.69) is 21.2 Å². The maximum absolute atomic E-state index is 12.5. The van der Waals surface area contributed by atoms with Crippen molar-refractivity contribution in [2.75, 3.05) is 25.7 Å². The van der Waals surface area contributed by atoms with Crippen LogP contribution in [0.4, 0.5) is 5.69 Å². The summed E-state index contributed by atoms with van der Waals surface area (Å²) in [5.74, 6) is 0.625. The van der Waals surface area contributed by atoms with Gasteiger partial charge in [0.25, 0.3) is 5.91 Å². The number of nitrogens with one attached hydrogen (secondary N) is 1. The van der Waals surface area contributed by atoms with E-state index in [4.69, 9.17) is 9.47 Å². The van der Waals surface area contributed by atoms with E-state index < -0.39 is 0 Å². The Kier molecular flexibility index (Phi) is 4.94. The smallest absolute Gasteiger partial charge is 0.254 e. The third-order valence-corrected chi connectivity index (χ3v) is 4.30. The van der Waals surface area contributed by atoms with Crippen LogP contribution < -0.4 is 14.8 Å². The molecule has 0 unspecified atom stereocenters. The van der Waals surface area contributed by atoms with Gasteiger partial charge in [-0.3, -0.25) is 9.59 Å². The van der Waals surface area contributed by atoms with Gasteiger partial charge in [0.05, 0.1) is 6.54 Å². The minimum atomic E-state index is -0.263. The minimum Gasteiger partial charge on any atom is -0.454 e. The van der Waals surface area contributed by atoms with E-state index in [1.165, 1.54) is 4.90 Å². The van der Waals surface area contributed by atoms with Crippen LogP contribution in [0.2, 0.25) is 0 Å². The number of carbonyl (C=O) groups excluding carboxylic acids is 2. The number of likely N-dealkylation sites (N-methyl/N-ethyl adjacent to an activating group) is 1. The fourth-order valence-corrected chi connectivity index (χ4v) is 2.97. The zero-order chi connectivity index (χ0) is 18.0. The maximum Gasteiger partial charge on any atom is 0.254 e. The van der Waals surface area contributed by atoms with Crippen molar-refractivity contribution in [1.29, 1.82) is 0 Å². The molecule has 2 aromatic carbocycles. The SMILES string of the molecule is Cc1cc(Br)ccc1NC(=O)CN(C)C(=O)c1ccc2c(c1)OCO2. The van der Waals surface area contributed by atoms with Gasteiger partial charge in [0.2, 0.25) is 12.7 Å². The van der Waals surface area contributed by atoms with Gasteiger partial charge in [-0.2, -0.15) is 0 Å². The number of aryl methyl sites for hydroxylation is 1. The highest BCUT2D eigenvalue weighted by atomic mass is 79.9. The number of hydrogen-bond acceptors (Lipinski definition) is 4. The Morgan fingerprint density at radius 1 is 1.16 bits per heavy atom. The lowest BCUT2D eigenvalue weighted by Crippen LogP contribution is -2.35. The number of rotatable bonds is 4. The Labute approximate surface area is 153 Å². The predicted molar refractivity (Wildman–Crippen MR) is 97.0 cm³/mol. The van der Waals surface area contributed by atoms with Crippen LogP contribution >= 0.6 is 15.9 Å². The van der Waals surface area contributed by atoms with Crippen LogP contribution in [0, 0.1) is 6.92 Å². The lowest BCUT2D eigenvalue weighted by molar-refractivity contribution is -0.116. The molecule has 1 aliphatic rings. The number of nitrogens with zero attached hydrogens (tertiary/aromatic N) is 1. The van der Waals surface area contributed by atoms with Gasteiger partial charge in [0, 0.05) is 22.8 Å². The summed E-state index contributed by atoms with van der Waals surface area (Å²) in [6, 6.07) is 10.5. The van der Waals surface area contributed by atoms with E-state index in [0.29, 0.717) is 17.1 Å². The fraction of sp³-hybridized carbons (Fsp3) is 0.222. The van der Waals surface area contributed by atoms with E-state index >= 15 is 0 Å². The van der Waals surface area contributed by atoms with E-state index in [1.54, 1.807) is 25.2 Å². The molecule has 0 aliphatic carbocycles. The third kappa shape index (κ3) is 3.93. The van der Waals surface area contributed by atoms with Gasteiger partial charge in [-0.25, -0.2) is 0 Å². The molecule has 0 spiro atoms. The molecule has 3 rings (SSSR count). The number of hydrogen-bond donors (Lipinski definition) is 1. The summed E-state index contributed by atoms with van der Waals surface area (Å²) in [7, 11) is 1.58. The van der Waals surface area contributed by atoms with Crippen LogP contribution in [-0.2, 0) is 4.79 Å². The average molecular weight is 405 g/mol. The second-order valence-electron chi connectivity index (χ2n) is 5.74. The first-order chi connectivity index (χ1) is 11.9. The molecule has 2 aromatic rings. The van der Waals surface area contributed by atoms with E-state index in [1.807, 2.05) is 25.1 Å². The molecule has 1 heterocycles. The molecule has 7 heteroatoms. The fourth-order valence-electron chi connectivity index (χ4n) is 2.49. The van der Waals surface area contributed by atoms with E-state index in [-0.39, 0.29) is 25.2 Å². The van der Waals surface area contributed by atoms with Gasteiger partial charge in [-0.15, -0.1) is 0 Å². The Bertz CT molecular complexity index is 838. The first-order valence-electron chi connectivity index (χ1n) is 7.65. The Balaban J connectivity index is 1.63. The van der Waals surface area contributed by atoms with Crippen molar-refractivity contribution in [1.82, 2.24) is 4.90 Å². The summed E-state index contributed by atoms with van der Waals surface area (Å²) in [5.41, 5.74) is 2.10. The summed E-state index contributed by atoms with van der Waals surface area (Å²) in [5, 5.41) is 2.82. The monoisotopic (exact) mass is 404 g/mol. The lowest BCUT2D eigenvalue weighted by atomic mass is 10.1. The van der Waals surface area contributed by atoms with Crippen LogP contribution in [0.15, 0.2) is 40.9 Å². The zero-order valence-electron chi connectivity index (χ0n) is 13.8. The molecule has 0 bridgehead atoms. The van der Waals surface area contributed by atoms with Crippen molar-refractivity contribution in [3.63, 3.8) is 0 Å². The summed E-state index contributed by atoms with van der Waals surface area (Å²) < 4.78 is 11.4. The zero-order valence-corrected chi connectivity index (χ0v) is 15.4. The molecular weight excluding hydrogens is 388 g/mol. The summed E-state index contributed by atoms with van der Waals surface area (Å²) >= 11 is 3.38. The molecule has 130 valence electrons. The molecule has 0 aromatic heterocycles. The van der Waals surface area contributed by atoms with E-state index in [0.717, 1.165) is 15.7 Å².